The number of nitrogens with one attached hydrogen (secondary N) is 1. The summed E-state index contributed by atoms with van der Waals surface area (Å²) in [5.74, 6) is -0.865. The van der Waals surface area contributed by atoms with Gasteiger partial charge >= 0.3 is 5.82 Å². The van der Waals surface area contributed by atoms with Crippen molar-refractivity contribution >= 4 is 44.1 Å². The summed E-state index contributed by atoms with van der Waals surface area (Å²) in [5, 5.41) is 13.6. The molecule has 0 aromatic carbocycles. The molecule has 1 N–H and O–H groups in total. The van der Waals surface area contributed by atoms with Crippen molar-refractivity contribution in [3.05, 3.63) is 43.5 Å². The van der Waals surface area contributed by atoms with Crippen molar-refractivity contribution in [1.29, 1.82) is 0 Å². The molecule has 0 spiro atoms. The van der Waals surface area contributed by atoms with E-state index in [1.54, 1.807) is 6.20 Å². The number of pyridine rings is 1. The quantitative estimate of drug-likeness (QED) is 0.683. The summed E-state index contributed by atoms with van der Waals surface area (Å²) in [4.78, 5) is 30.5. The van der Waals surface area contributed by atoms with E-state index in [0.717, 1.165) is 10.9 Å². The minimum atomic E-state index is -0.656. The van der Waals surface area contributed by atoms with E-state index >= 15 is 0 Å². The molecular formula is C10H7BrN4O3S. The Bertz CT molecular complexity index is 658. The number of aryl methyl sites for hydroxylation is 1. The molecule has 0 fully saturated rings. The molecule has 0 saturated heterocycles. The van der Waals surface area contributed by atoms with Crippen LogP contribution in [-0.2, 0) is 0 Å². The second kappa shape index (κ2) is 5.41. The van der Waals surface area contributed by atoms with Gasteiger partial charge in [0.1, 0.15) is 0 Å². The van der Waals surface area contributed by atoms with Gasteiger partial charge in [0.2, 0.25) is 0 Å². The first-order chi connectivity index (χ1) is 8.97. The fourth-order valence-electron chi connectivity index (χ4n) is 1.28. The highest BCUT2D eigenvalue weighted by Gasteiger charge is 2.18. The number of thiazole rings is 1. The fourth-order valence-corrected chi connectivity index (χ4v) is 2.33. The maximum absolute atomic E-state index is 12.0. The number of carbonyl (C=O) groups is 1. The van der Waals surface area contributed by atoms with Crippen molar-refractivity contribution in [2.75, 3.05) is 5.32 Å². The molecule has 9 heteroatoms. The van der Waals surface area contributed by atoms with Crippen LogP contribution in [0, 0.1) is 17.0 Å². The number of anilines is 1. The molecule has 2 heterocycles. The number of aromatic nitrogens is 2. The van der Waals surface area contributed by atoms with E-state index in [0.29, 0.717) is 9.60 Å². The minimum absolute atomic E-state index is 0.134. The van der Waals surface area contributed by atoms with Crippen LogP contribution in [0.2, 0.25) is 0 Å². The average Bonchev–Trinajstić information content (AvgIpc) is 2.74. The lowest BCUT2D eigenvalue weighted by molar-refractivity contribution is -0.389. The Hall–Kier alpha value is -1.87. The van der Waals surface area contributed by atoms with E-state index in [1.807, 2.05) is 6.92 Å². The van der Waals surface area contributed by atoms with E-state index in [1.165, 1.54) is 17.5 Å². The van der Waals surface area contributed by atoms with Gasteiger partial charge in [-0.2, -0.15) is 0 Å². The van der Waals surface area contributed by atoms with Crippen LogP contribution < -0.4 is 5.32 Å². The van der Waals surface area contributed by atoms with Crippen LogP contribution in [0.5, 0.6) is 0 Å². The summed E-state index contributed by atoms with van der Waals surface area (Å²) < 4.78 is 0.379. The summed E-state index contributed by atoms with van der Waals surface area (Å²) in [6, 6.07) is 1.11. The zero-order valence-electron chi connectivity index (χ0n) is 9.58. The Morgan fingerprint density at radius 3 is 2.79 bits per heavy atom. The molecule has 0 aliphatic heterocycles. The van der Waals surface area contributed by atoms with Crippen LogP contribution >= 0.6 is 27.3 Å². The molecule has 0 unspecified atom stereocenters. The normalized spacial score (nSPS) is 10.2. The van der Waals surface area contributed by atoms with Crippen LogP contribution in [0.15, 0.2) is 22.9 Å². The molecule has 0 bridgehead atoms. The van der Waals surface area contributed by atoms with Crippen molar-refractivity contribution < 1.29 is 9.72 Å². The van der Waals surface area contributed by atoms with E-state index in [2.05, 4.69) is 31.2 Å². The van der Waals surface area contributed by atoms with Crippen molar-refractivity contribution in [2.24, 2.45) is 0 Å². The first kappa shape index (κ1) is 13.6. The van der Waals surface area contributed by atoms with Crippen molar-refractivity contribution in [1.82, 2.24) is 9.97 Å². The summed E-state index contributed by atoms with van der Waals surface area (Å²) in [6.45, 7) is 1.86. The lowest BCUT2D eigenvalue weighted by Gasteiger charge is -2.02. The molecule has 0 aliphatic carbocycles. The smallest absolute Gasteiger partial charge is 0.358 e. The Labute approximate surface area is 120 Å². The molecule has 1 amide bonds. The summed E-state index contributed by atoms with van der Waals surface area (Å²) in [6.07, 6.45) is 2.85. The Morgan fingerprint density at radius 1 is 1.47 bits per heavy atom. The largest absolute Gasteiger partial charge is 0.364 e. The Kier molecular flexibility index (Phi) is 3.86. The maximum Gasteiger partial charge on any atom is 0.364 e. The van der Waals surface area contributed by atoms with E-state index in [9.17, 15) is 14.9 Å². The predicted molar refractivity (Wildman–Crippen MR) is 73.4 cm³/mol. The number of carbonyl (C=O) groups excluding carboxylic acids is 1. The standard InChI is InChI=1S/C10H7BrN4O3S/c1-5-3-13-10(19-5)14-9(16)6-2-8(15(17)18)12-4-7(6)11/h2-4H,1H3,(H,13,14,16). The van der Waals surface area contributed by atoms with Gasteiger partial charge < -0.3 is 10.1 Å². The highest BCUT2D eigenvalue weighted by molar-refractivity contribution is 9.10. The molecule has 0 radical (unpaired) electrons. The molecule has 98 valence electrons. The minimum Gasteiger partial charge on any atom is -0.358 e. The van der Waals surface area contributed by atoms with Crippen molar-refractivity contribution in [2.45, 2.75) is 6.92 Å². The van der Waals surface area contributed by atoms with Gasteiger partial charge in [0, 0.05) is 17.1 Å². The second-order valence-corrected chi connectivity index (χ2v) is 5.60. The number of halogens is 1. The molecule has 0 saturated carbocycles. The van der Waals surface area contributed by atoms with Crippen LogP contribution in [0.25, 0.3) is 0 Å². The molecule has 0 aliphatic rings. The molecule has 2 rings (SSSR count). The molecule has 0 atom stereocenters. The van der Waals surface area contributed by atoms with Crippen LogP contribution in [-0.4, -0.2) is 20.8 Å². The summed E-state index contributed by atoms with van der Waals surface area (Å²) >= 11 is 4.46. The van der Waals surface area contributed by atoms with Gasteiger partial charge in [-0.1, -0.05) is 0 Å². The van der Waals surface area contributed by atoms with Crippen molar-refractivity contribution in [3.8, 4) is 0 Å². The molecule has 7 nitrogen and oxygen atoms in total. The van der Waals surface area contributed by atoms with Gasteiger partial charge in [-0.3, -0.25) is 10.1 Å². The van der Waals surface area contributed by atoms with Gasteiger partial charge in [0.05, 0.1) is 10.0 Å². The summed E-state index contributed by atoms with van der Waals surface area (Å²) in [7, 11) is 0. The zero-order chi connectivity index (χ0) is 14.0. The molecular weight excluding hydrogens is 336 g/mol. The van der Waals surface area contributed by atoms with E-state index in [-0.39, 0.29) is 11.4 Å². The first-order valence-corrected chi connectivity index (χ1v) is 6.62. The third-order valence-corrected chi connectivity index (χ3v) is 3.57. The monoisotopic (exact) mass is 342 g/mol. The molecule has 2 aromatic heterocycles. The number of nitrogens with zero attached hydrogens (tertiary/aromatic N) is 3. The lowest BCUT2D eigenvalue weighted by Crippen LogP contribution is -2.13. The van der Waals surface area contributed by atoms with Crippen LogP contribution in [0.4, 0.5) is 10.9 Å². The topological polar surface area (TPSA) is 98.0 Å². The zero-order valence-corrected chi connectivity index (χ0v) is 12.0. The van der Waals surface area contributed by atoms with Crippen LogP contribution in [0.1, 0.15) is 15.2 Å². The van der Waals surface area contributed by atoms with Gasteiger partial charge in [0.25, 0.3) is 5.91 Å². The van der Waals surface area contributed by atoms with Gasteiger partial charge in [-0.15, -0.1) is 11.3 Å². The fraction of sp³-hybridized carbons (Fsp3) is 0.100. The summed E-state index contributed by atoms with van der Waals surface area (Å²) in [5.41, 5.74) is 0.134. The predicted octanol–water partition coefficient (Wildman–Crippen LogP) is 2.77. The van der Waals surface area contributed by atoms with Gasteiger partial charge in [0.15, 0.2) is 11.3 Å². The highest BCUT2D eigenvalue weighted by Crippen LogP contribution is 2.22. The number of hydrogen-bond donors (Lipinski definition) is 1. The SMILES string of the molecule is Cc1cnc(NC(=O)c2cc([N+](=O)[O-])ncc2Br)s1. The average molecular weight is 343 g/mol. The molecule has 2 aromatic rings. The third kappa shape index (κ3) is 3.12. The highest BCUT2D eigenvalue weighted by atomic mass is 79.9. The van der Waals surface area contributed by atoms with Gasteiger partial charge in [-0.05, 0) is 32.8 Å². The van der Waals surface area contributed by atoms with Crippen molar-refractivity contribution in [3.63, 3.8) is 0 Å². The lowest BCUT2D eigenvalue weighted by atomic mass is 10.2. The number of amides is 1. The van der Waals surface area contributed by atoms with Gasteiger partial charge in [-0.25, -0.2) is 4.98 Å². The van der Waals surface area contributed by atoms with E-state index in [4.69, 9.17) is 0 Å². The number of nitro groups is 1. The number of rotatable bonds is 3. The number of hydrogen-bond acceptors (Lipinski definition) is 6. The maximum atomic E-state index is 12.0. The Morgan fingerprint density at radius 2 is 2.21 bits per heavy atom. The van der Waals surface area contributed by atoms with Crippen LogP contribution in [0.3, 0.4) is 0 Å². The Balaban J connectivity index is 2.27. The third-order valence-electron chi connectivity index (χ3n) is 2.11. The van der Waals surface area contributed by atoms with E-state index < -0.39 is 10.8 Å². The first-order valence-electron chi connectivity index (χ1n) is 5.01. The second-order valence-electron chi connectivity index (χ2n) is 3.51. The molecule has 19 heavy (non-hydrogen) atoms.